The average molecular weight is 1130 g/mol. The first kappa shape index (κ1) is 95.5. The molecule has 0 aliphatic heterocycles. The Kier molecular flexibility index (Phi) is 115. The number of carboxylic acid groups (broad SMARTS) is 4. The van der Waals surface area contributed by atoms with Crippen molar-refractivity contribution in [1.82, 2.24) is 0 Å². The van der Waals surface area contributed by atoms with Gasteiger partial charge in [0.1, 0.15) is 36.6 Å². The summed E-state index contributed by atoms with van der Waals surface area (Å²) in [6, 6.07) is 0. The zero-order valence-corrected chi connectivity index (χ0v) is 46.4. The van der Waals surface area contributed by atoms with E-state index in [1.807, 2.05) is 0 Å². The molecular weight excluding hydrogens is 1020 g/mol. The Bertz CT molecular complexity index is 837. The van der Waals surface area contributed by atoms with Crippen LogP contribution >= 0.6 is 0 Å². The van der Waals surface area contributed by atoms with E-state index in [-0.39, 0.29) is 79.3 Å². The highest BCUT2D eigenvalue weighted by atomic mass is 16.4. The Morgan fingerprint density at radius 3 is 0.395 bits per heavy atom. The van der Waals surface area contributed by atoms with E-state index in [1.165, 1.54) is 77.0 Å². The fraction of sp³-hybridized carbons (Fsp3) is 0.920. The number of aliphatic carboxylic acids is 4. The summed E-state index contributed by atoms with van der Waals surface area (Å²) in [5, 5.41) is 177. The highest BCUT2D eigenvalue weighted by Gasteiger charge is 1.99. The summed E-state index contributed by atoms with van der Waals surface area (Å²) in [7, 11) is 0. The molecule has 0 aliphatic carbocycles. The lowest BCUT2D eigenvalue weighted by molar-refractivity contribution is -0.138. The first-order chi connectivity index (χ1) is 35.9. The van der Waals surface area contributed by atoms with E-state index in [0.717, 1.165) is 51.4 Å². The van der Waals surface area contributed by atoms with Crippen LogP contribution in [0.2, 0.25) is 0 Å². The van der Waals surface area contributed by atoms with Gasteiger partial charge in [-0.1, -0.05) is 130 Å². The third-order valence-electron chi connectivity index (χ3n) is 8.51. The van der Waals surface area contributed by atoms with Crippen LogP contribution in [0.25, 0.3) is 0 Å². The molecule has 0 saturated heterocycles. The summed E-state index contributed by atoms with van der Waals surface area (Å²) >= 11 is 0. The van der Waals surface area contributed by atoms with Crippen molar-refractivity contribution in [2.24, 2.45) is 0 Å². The second kappa shape index (κ2) is 91.6. The third-order valence-corrected chi connectivity index (χ3v) is 8.51. The van der Waals surface area contributed by atoms with Crippen molar-refractivity contribution < 1.29 is 132 Å². The lowest BCUT2D eigenvalue weighted by Gasteiger charge is -1.96. The molecule has 0 bridgehead atoms. The van der Waals surface area contributed by atoms with E-state index in [4.69, 9.17) is 112 Å². The molecule has 0 fully saturated rings. The SMILES string of the molecule is CCCCCCCC(=O)O.CCCCCCCC(=O)O.CCCCCCCC(=O)O.CCCCCCCC(=O)O.OCC(O)CO.OCC(O)CO.OCC(O)CO.OCC(O)CO.OCC(O)CO.OCC(O)CO. The Balaban J connectivity index is -0.0000000804. The number of hydrogen-bond donors (Lipinski definition) is 22. The van der Waals surface area contributed by atoms with Crippen LogP contribution in [0.15, 0.2) is 0 Å². The maximum absolute atomic E-state index is 10.0. The van der Waals surface area contributed by atoms with E-state index in [0.29, 0.717) is 25.7 Å². The summed E-state index contributed by atoms with van der Waals surface area (Å²) in [5.41, 5.74) is 0. The summed E-state index contributed by atoms with van der Waals surface area (Å²) < 4.78 is 0. The number of carboxylic acids is 4. The molecule has 0 aromatic carbocycles. The fourth-order valence-corrected chi connectivity index (χ4v) is 3.87. The molecule has 0 radical (unpaired) electrons. The summed E-state index contributed by atoms with van der Waals surface area (Å²) in [4.78, 5) is 40.1. The zero-order valence-electron chi connectivity index (χ0n) is 46.4. The van der Waals surface area contributed by atoms with Gasteiger partial charge in [-0.3, -0.25) is 19.2 Å². The van der Waals surface area contributed by atoms with E-state index in [1.54, 1.807) is 0 Å². The van der Waals surface area contributed by atoms with Gasteiger partial charge in [-0.05, 0) is 25.7 Å². The molecule has 22 N–H and O–H groups in total. The van der Waals surface area contributed by atoms with Gasteiger partial charge in [0, 0.05) is 25.7 Å². The van der Waals surface area contributed by atoms with Gasteiger partial charge in [0.25, 0.3) is 0 Å². The van der Waals surface area contributed by atoms with Gasteiger partial charge in [-0.2, -0.15) is 0 Å². The minimum atomic E-state index is -0.954. The van der Waals surface area contributed by atoms with Crippen molar-refractivity contribution in [2.75, 3.05) is 79.3 Å². The summed E-state index contributed by atoms with van der Waals surface area (Å²) in [6.45, 7) is 4.22. The monoisotopic (exact) mass is 1130 g/mol. The van der Waals surface area contributed by atoms with Gasteiger partial charge >= 0.3 is 23.9 Å². The normalized spacial score (nSPS) is 9.84. The third kappa shape index (κ3) is 145. The lowest BCUT2D eigenvalue weighted by Crippen LogP contribution is -2.15. The topological polar surface area (TPSA) is 513 Å². The van der Waals surface area contributed by atoms with E-state index in [9.17, 15) is 19.2 Å². The van der Waals surface area contributed by atoms with Crippen molar-refractivity contribution in [3.63, 3.8) is 0 Å². The Hall–Kier alpha value is -2.84. The molecule has 0 amide bonds. The number of rotatable bonds is 36. The molecule has 0 aliphatic rings. The second-order valence-corrected chi connectivity index (χ2v) is 16.3. The minimum absolute atomic E-state index is 0.337. The molecule has 0 saturated carbocycles. The molecule has 468 valence electrons. The van der Waals surface area contributed by atoms with E-state index < -0.39 is 60.5 Å². The van der Waals surface area contributed by atoms with Gasteiger partial charge in [0.2, 0.25) is 0 Å². The molecule has 0 unspecified atom stereocenters. The Labute approximate surface area is 452 Å². The summed E-state index contributed by atoms with van der Waals surface area (Å²) in [6.07, 6.45) is 17.8. The van der Waals surface area contributed by atoms with Gasteiger partial charge < -0.3 is 112 Å². The second-order valence-electron chi connectivity index (χ2n) is 16.3. The van der Waals surface area contributed by atoms with Crippen molar-refractivity contribution in [1.29, 1.82) is 0 Å². The fourth-order valence-electron chi connectivity index (χ4n) is 3.87. The smallest absolute Gasteiger partial charge is 0.303 e. The zero-order chi connectivity index (χ0) is 61.2. The predicted octanol–water partition coefficient (Wildman–Crippen LogP) is -0.283. The molecule has 0 aromatic rings. The quantitative estimate of drug-likeness (QED) is 0.0359. The Morgan fingerprint density at radius 1 is 0.224 bits per heavy atom. The number of aliphatic hydroxyl groups excluding tert-OH is 18. The highest BCUT2D eigenvalue weighted by molar-refractivity contribution is 5.67. The molecule has 0 rings (SSSR count). The van der Waals surface area contributed by atoms with E-state index in [2.05, 4.69) is 27.7 Å². The molecule has 26 heteroatoms. The van der Waals surface area contributed by atoms with Crippen molar-refractivity contribution in [2.45, 2.75) is 218 Å². The molecule has 0 heterocycles. The lowest BCUT2D eigenvalue weighted by atomic mass is 10.1. The van der Waals surface area contributed by atoms with Crippen LogP contribution < -0.4 is 0 Å². The highest BCUT2D eigenvalue weighted by Crippen LogP contribution is 2.06. The van der Waals surface area contributed by atoms with Crippen molar-refractivity contribution in [3.8, 4) is 0 Å². The number of hydrogen-bond acceptors (Lipinski definition) is 22. The molecule has 0 spiro atoms. The maximum Gasteiger partial charge on any atom is 0.303 e. The van der Waals surface area contributed by atoms with Crippen LogP contribution in [0, 0.1) is 0 Å². The largest absolute Gasteiger partial charge is 0.481 e. The van der Waals surface area contributed by atoms with Crippen LogP contribution in [0.1, 0.15) is 182 Å². The van der Waals surface area contributed by atoms with E-state index >= 15 is 0 Å². The first-order valence-corrected chi connectivity index (χ1v) is 26.2. The van der Waals surface area contributed by atoms with Crippen molar-refractivity contribution in [3.05, 3.63) is 0 Å². The van der Waals surface area contributed by atoms with Gasteiger partial charge in [0.05, 0.1) is 79.3 Å². The van der Waals surface area contributed by atoms with Crippen LogP contribution in [0.4, 0.5) is 0 Å². The minimum Gasteiger partial charge on any atom is -0.481 e. The van der Waals surface area contributed by atoms with Crippen molar-refractivity contribution >= 4 is 23.9 Å². The maximum atomic E-state index is 10.0. The van der Waals surface area contributed by atoms with Gasteiger partial charge in [0.15, 0.2) is 0 Å². The molecule has 0 aromatic heterocycles. The molecule has 0 atom stereocenters. The van der Waals surface area contributed by atoms with Gasteiger partial charge in [-0.15, -0.1) is 0 Å². The molecule has 26 nitrogen and oxygen atoms in total. The van der Waals surface area contributed by atoms with Crippen LogP contribution in [0.5, 0.6) is 0 Å². The van der Waals surface area contributed by atoms with Crippen LogP contribution in [0.3, 0.4) is 0 Å². The van der Waals surface area contributed by atoms with Crippen LogP contribution in [-0.2, 0) is 19.2 Å². The Morgan fingerprint density at radius 2 is 0.329 bits per heavy atom. The van der Waals surface area contributed by atoms with Gasteiger partial charge in [-0.25, -0.2) is 0 Å². The molecule has 76 heavy (non-hydrogen) atoms. The predicted molar refractivity (Wildman–Crippen MR) is 285 cm³/mol. The summed E-state index contributed by atoms with van der Waals surface area (Å²) in [5.74, 6) is -2.68. The standard InChI is InChI=1S/4C8H16O2.6C3H8O3/c4*1-2-3-4-5-6-7-8(9)10;6*4-1-3(6)2-5/h4*2-7H2,1H3,(H,9,10);6*3-6H,1-2H2. The average Bonchev–Trinajstić information content (AvgIpc) is 3.42. The van der Waals surface area contributed by atoms with Crippen LogP contribution in [-0.4, -0.2) is 252 Å². The first-order valence-electron chi connectivity index (χ1n) is 26.2. The number of carbonyl (C=O) groups is 4. The number of aliphatic hydroxyl groups is 18. The molecular formula is C50H112O26. The number of unbranched alkanes of at least 4 members (excludes halogenated alkanes) is 16.